The molecule has 4 bridgehead atoms. The van der Waals surface area contributed by atoms with Crippen LogP contribution < -0.4 is 0 Å². The SMILES string of the molecule is CCOC1(C)CC2CC1C1C3C=CC(C3)C21. The van der Waals surface area contributed by atoms with Crippen LogP contribution in [0, 0.1) is 35.5 Å². The van der Waals surface area contributed by atoms with Crippen molar-refractivity contribution in [3.05, 3.63) is 12.2 Å². The third-order valence-electron chi connectivity index (χ3n) is 6.07. The average Bonchev–Trinajstić information content (AvgIpc) is 2.91. The Morgan fingerprint density at radius 1 is 1.19 bits per heavy atom. The Morgan fingerprint density at radius 2 is 1.94 bits per heavy atom. The van der Waals surface area contributed by atoms with Crippen molar-refractivity contribution in [1.82, 2.24) is 0 Å². The van der Waals surface area contributed by atoms with E-state index >= 15 is 0 Å². The van der Waals surface area contributed by atoms with Gasteiger partial charge in [0.2, 0.25) is 0 Å². The standard InChI is InChI=1S/C15H22O/c1-3-16-15(2)8-11-7-12(15)14-10-5-4-9(6-10)13(11)14/h4-5,9-14H,3,6-8H2,1-2H3. The number of allylic oxidation sites excluding steroid dienone is 2. The highest BCUT2D eigenvalue weighted by Crippen LogP contribution is 2.68. The first-order valence-electron chi connectivity index (χ1n) is 7.05. The molecule has 0 aromatic carbocycles. The van der Waals surface area contributed by atoms with Crippen molar-refractivity contribution >= 4 is 0 Å². The molecule has 0 saturated heterocycles. The van der Waals surface area contributed by atoms with Gasteiger partial charge in [-0.25, -0.2) is 0 Å². The van der Waals surface area contributed by atoms with E-state index in [0.717, 1.165) is 42.1 Å². The smallest absolute Gasteiger partial charge is 0.0688 e. The monoisotopic (exact) mass is 218 g/mol. The van der Waals surface area contributed by atoms with Gasteiger partial charge >= 0.3 is 0 Å². The van der Waals surface area contributed by atoms with Gasteiger partial charge in [0.05, 0.1) is 5.60 Å². The second kappa shape index (κ2) is 2.93. The Labute approximate surface area is 98.2 Å². The number of fused-ring (bicyclic) bond motifs is 9. The molecule has 0 amide bonds. The highest BCUT2D eigenvalue weighted by molar-refractivity contribution is 5.22. The van der Waals surface area contributed by atoms with E-state index in [1.54, 1.807) is 0 Å². The molecular weight excluding hydrogens is 196 g/mol. The molecule has 0 aliphatic heterocycles. The Morgan fingerprint density at radius 3 is 2.69 bits per heavy atom. The van der Waals surface area contributed by atoms with Crippen LogP contribution >= 0.6 is 0 Å². The minimum atomic E-state index is 0.221. The Kier molecular flexibility index (Phi) is 1.78. The van der Waals surface area contributed by atoms with Crippen molar-refractivity contribution < 1.29 is 4.74 Å². The molecule has 0 N–H and O–H groups in total. The fourth-order valence-corrected chi connectivity index (χ4v) is 5.81. The van der Waals surface area contributed by atoms with Gasteiger partial charge in [-0.2, -0.15) is 0 Å². The van der Waals surface area contributed by atoms with Crippen LogP contribution in [-0.4, -0.2) is 12.2 Å². The average molecular weight is 218 g/mol. The molecule has 0 spiro atoms. The lowest BCUT2D eigenvalue weighted by atomic mass is 9.68. The third-order valence-corrected chi connectivity index (χ3v) is 6.07. The van der Waals surface area contributed by atoms with Gasteiger partial charge in [0, 0.05) is 6.61 Å². The van der Waals surface area contributed by atoms with E-state index in [1.165, 1.54) is 19.3 Å². The summed E-state index contributed by atoms with van der Waals surface area (Å²) in [6.07, 6.45) is 9.29. The van der Waals surface area contributed by atoms with E-state index in [1.807, 2.05) is 0 Å². The summed E-state index contributed by atoms with van der Waals surface area (Å²) in [4.78, 5) is 0. The molecule has 1 nitrogen and oxygen atoms in total. The Balaban J connectivity index is 1.68. The van der Waals surface area contributed by atoms with E-state index in [-0.39, 0.29) is 5.60 Å². The van der Waals surface area contributed by atoms with Gasteiger partial charge in [-0.15, -0.1) is 0 Å². The lowest BCUT2D eigenvalue weighted by molar-refractivity contribution is -0.0928. The predicted molar refractivity (Wildman–Crippen MR) is 64.0 cm³/mol. The van der Waals surface area contributed by atoms with Crippen LogP contribution in [0.2, 0.25) is 0 Å². The van der Waals surface area contributed by atoms with E-state index in [4.69, 9.17) is 4.74 Å². The van der Waals surface area contributed by atoms with Crippen LogP contribution in [0.3, 0.4) is 0 Å². The van der Waals surface area contributed by atoms with Gasteiger partial charge in [-0.3, -0.25) is 0 Å². The minimum Gasteiger partial charge on any atom is -0.375 e. The topological polar surface area (TPSA) is 9.23 Å². The molecule has 7 unspecified atom stereocenters. The maximum atomic E-state index is 6.12. The summed E-state index contributed by atoms with van der Waals surface area (Å²) in [5, 5.41) is 0. The van der Waals surface area contributed by atoms with E-state index in [0.29, 0.717) is 0 Å². The van der Waals surface area contributed by atoms with Crippen LogP contribution in [0.15, 0.2) is 12.2 Å². The highest BCUT2D eigenvalue weighted by atomic mass is 16.5. The first kappa shape index (κ1) is 9.70. The molecular formula is C15H22O. The molecule has 1 heteroatoms. The molecule has 4 aliphatic carbocycles. The van der Waals surface area contributed by atoms with E-state index < -0.39 is 0 Å². The van der Waals surface area contributed by atoms with E-state index in [2.05, 4.69) is 26.0 Å². The van der Waals surface area contributed by atoms with Crippen LogP contribution in [0.4, 0.5) is 0 Å². The second-order valence-corrected chi connectivity index (χ2v) is 6.66. The summed E-state index contributed by atoms with van der Waals surface area (Å²) < 4.78 is 6.12. The first-order valence-corrected chi connectivity index (χ1v) is 7.05. The Bertz CT molecular complexity index is 347. The van der Waals surface area contributed by atoms with Crippen molar-refractivity contribution in [1.29, 1.82) is 0 Å². The summed E-state index contributed by atoms with van der Waals surface area (Å²) >= 11 is 0. The number of hydrogen-bond acceptors (Lipinski definition) is 1. The van der Waals surface area contributed by atoms with Gasteiger partial charge in [0.15, 0.2) is 0 Å². The molecule has 0 radical (unpaired) electrons. The summed E-state index contributed by atoms with van der Waals surface area (Å²) in [7, 11) is 0. The second-order valence-electron chi connectivity index (χ2n) is 6.66. The lowest BCUT2D eigenvalue weighted by Gasteiger charge is -2.43. The van der Waals surface area contributed by atoms with Gasteiger partial charge in [0.25, 0.3) is 0 Å². The zero-order valence-electron chi connectivity index (χ0n) is 10.4. The summed E-state index contributed by atoms with van der Waals surface area (Å²) in [6, 6.07) is 0. The molecule has 7 atom stereocenters. The fraction of sp³-hybridized carbons (Fsp3) is 0.867. The zero-order chi connectivity index (χ0) is 10.9. The van der Waals surface area contributed by atoms with Crippen molar-refractivity contribution in [2.45, 2.75) is 38.7 Å². The van der Waals surface area contributed by atoms with Crippen LogP contribution in [0.1, 0.15) is 33.1 Å². The fourth-order valence-electron chi connectivity index (χ4n) is 5.81. The maximum Gasteiger partial charge on any atom is 0.0688 e. The lowest BCUT2D eigenvalue weighted by Crippen LogP contribution is -2.43. The van der Waals surface area contributed by atoms with E-state index in [9.17, 15) is 0 Å². The quantitative estimate of drug-likeness (QED) is 0.510. The van der Waals surface area contributed by atoms with Crippen LogP contribution in [0.25, 0.3) is 0 Å². The summed E-state index contributed by atoms with van der Waals surface area (Å²) in [6.45, 7) is 5.42. The molecule has 88 valence electrons. The van der Waals surface area contributed by atoms with Crippen LogP contribution in [-0.2, 0) is 4.74 Å². The summed E-state index contributed by atoms with van der Waals surface area (Å²) in [5.41, 5.74) is 0.221. The molecule has 4 aliphatic rings. The molecule has 3 fully saturated rings. The van der Waals surface area contributed by atoms with Gasteiger partial charge < -0.3 is 4.74 Å². The normalized spacial score (nSPS) is 60.9. The minimum absolute atomic E-state index is 0.221. The number of rotatable bonds is 2. The molecule has 4 rings (SSSR count). The van der Waals surface area contributed by atoms with Crippen molar-refractivity contribution in [3.63, 3.8) is 0 Å². The van der Waals surface area contributed by atoms with Gasteiger partial charge in [0.1, 0.15) is 0 Å². The molecule has 3 saturated carbocycles. The zero-order valence-corrected chi connectivity index (χ0v) is 10.4. The largest absolute Gasteiger partial charge is 0.375 e. The van der Waals surface area contributed by atoms with Crippen molar-refractivity contribution in [3.8, 4) is 0 Å². The van der Waals surface area contributed by atoms with Gasteiger partial charge in [-0.1, -0.05) is 12.2 Å². The molecule has 0 aromatic rings. The summed E-state index contributed by atoms with van der Waals surface area (Å²) in [5.74, 6) is 5.70. The predicted octanol–water partition coefficient (Wildman–Crippen LogP) is 3.26. The van der Waals surface area contributed by atoms with Gasteiger partial charge in [-0.05, 0) is 68.6 Å². The third kappa shape index (κ3) is 0.971. The molecule has 0 heterocycles. The number of hydrogen-bond donors (Lipinski definition) is 0. The first-order chi connectivity index (χ1) is 7.73. The van der Waals surface area contributed by atoms with Crippen molar-refractivity contribution in [2.75, 3.05) is 6.61 Å². The maximum absolute atomic E-state index is 6.12. The van der Waals surface area contributed by atoms with Crippen LogP contribution in [0.5, 0.6) is 0 Å². The molecule has 16 heavy (non-hydrogen) atoms. The number of ether oxygens (including phenoxy) is 1. The highest BCUT2D eigenvalue weighted by Gasteiger charge is 2.64. The molecule has 0 aromatic heterocycles. The Hall–Kier alpha value is -0.300. The van der Waals surface area contributed by atoms with Crippen molar-refractivity contribution in [2.24, 2.45) is 35.5 Å².